The number of hydrogen-bond donors (Lipinski definition) is 1. The predicted octanol–water partition coefficient (Wildman–Crippen LogP) is 3.91. The van der Waals surface area contributed by atoms with Gasteiger partial charge >= 0.3 is 5.97 Å². The second-order valence-corrected chi connectivity index (χ2v) is 6.14. The van der Waals surface area contributed by atoms with Crippen molar-refractivity contribution in [2.45, 2.75) is 13.3 Å². The highest BCUT2D eigenvalue weighted by Crippen LogP contribution is 2.26. The first kappa shape index (κ1) is 18.3. The maximum Gasteiger partial charge on any atom is 0.372 e. The van der Waals surface area contributed by atoms with E-state index in [1.54, 1.807) is 30.3 Å². The van der Waals surface area contributed by atoms with Gasteiger partial charge in [0, 0.05) is 10.6 Å². The van der Waals surface area contributed by atoms with Gasteiger partial charge in [0.1, 0.15) is 5.75 Å². The Balaban J connectivity index is 1.89. The molecule has 0 fully saturated rings. The number of amidine groups is 1. The van der Waals surface area contributed by atoms with Crippen LogP contribution in [0.2, 0.25) is 5.02 Å². The van der Waals surface area contributed by atoms with Crippen molar-refractivity contribution in [2.75, 3.05) is 6.61 Å². The van der Waals surface area contributed by atoms with Crippen LogP contribution in [-0.4, -0.2) is 18.4 Å². The van der Waals surface area contributed by atoms with Crippen molar-refractivity contribution in [2.24, 2.45) is 10.9 Å². The number of hydrogen-bond acceptors (Lipinski definition) is 4. The van der Waals surface area contributed by atoms with Crippen molar-refractivity contribution in [1.82, 2.24) is 0 Å². The SMILES string of the molecule is CCc1ccc(OCC(=O)ON=C(N)c2ccc(Cl)cc2)c(Br)c1. The maximum absolute atomic E-state index is 11.7. The smallest absolute Gasteiger partial charge is 0.372 e. The number of carbonyl (C=O) groups is 1. The first-order valence-corrected chi connectivity index (χ1v) is 8.37. The van der Waals surface area contributed by atoms with Gasteiger partial charge in [0.25, 0.3) is 0 Å². The molecule has 0 atom stereocenters. The van der Waals surface area contributed by atoms with Crippen molar-refractivity contribution in [3.05, 3.63) is 63.1 Å². The number of halogens is 2. The molecule has 0 bridgehead atoms. The van der Waals surface area contributed by atoms with E-state index in [1.807, 2.05) is 12.1 Å². The summed E-state index contributed by atoms with van der Waals surface area (Å²) >= 11 is 9.19. The minimum absolute atomic E-state index is 0.0773. The fourth-order valence-corrected chi connectivity index (χ4v) is 2.48. The molecule has 5 nitrogen and oxygen atoms in total. The maximum atomic E-state index is 11.7. The van der Waals surface area contributed by atoms with Crippen LogP contribution in [0.4, 0.5) is 0 Å². The topological polar surface area (TPSA) is 73.9 Å². The lowest BCUT2D eigenvalue weighted by Crippen LogP contribution is -2.18. The van der Waals surface area contributed by atoms with Crippen LogP contribution >= 0.6 is 27.5 Å². The summed E-state index contributed by atoms with van der Waals surface area (Å²) in [5.41, 5.74) is 7.50. The van der Waals surface area contributed by atoms with Gasteiger partial charge in [0.2, 0.25) is 0 Å². The van der Waals surface area contributed by atoms with Crippen molar-refractivity contribution in [3.8, 4) is 5.75 Å². The molecule has 0 spiro atoms. The van der Waals surface area contributed by atoms with Gasteiger partial charge in [-0.3, -0.25) is 0 Å². The fraction of sp³-hybridized carbons (Fsp3) is 0.176. The molecule has 0 saturated heterocycles. The van der Waals surface area contributed by atoms with Gasteiger partial charge in [-0.15, -0.1) is 0 Å². The second kappa shape index (κ2) is 8.70. The molecule has 2 rings (SSSR count). The van der Waals surface area contributed by atoms with E-state index < -0.39 is 5.97 Å². The molecule has 0 saturated carbocycles. The number of rotatable bonds is 6. The number of carbonyl (C=O) groups excluding carboxylic acids is 1. The van der Waals surface area contributed by atoms with Crippen LogP contribution in [0.1, 0.15) is 18.1 Å². The first-order chi connectivity index (χ1) is 11.5. The number of ether oxygens (including phenoxy) is 1. The second-order valence-electron chi connectivity index (χ2n) is 4.85. The molecule has 0 heterocycles. The average Bonchev–Trinajstić information content (AvgIpc) is 2.59. The largest absolute Gasteiger partial charge is 0.481 e. The molecule has 0 radical (unpaired) electrons. The molecule has 0 aliphatic carbocycles. The molecule has 2 aromatic rings. The third-order valence-electron chi connectivity index (χ3n) is 3.14. The molecule has 0 aromatic heterocycles. The minimum atomic E-state index is -0.654. The van der Waals surface area contributed by atoms with Crippen LogP contribution in [0.25, 0.3) is 0 Å². The molecule has 0 aliphatic heterocycles. The van der Waals surface area contributed by atoms with Gasteiger partial charge in [-0.1, -0.05) is 29.7 Å². The normalized spacial score (nSPS) is 11.2. The summed E-state index contributed by atoms with van der Waals surface area (Å²) in [5, 5.41) is 4.18. The zero-order chi connectivity index (χ0) is 17.5. The Morgan fingerprint density at radius 2 is 1.96 bits per heavy atom. The Labute approximate surface area is 153 Å². The Morgan fingerprint density at radius 3 is 2.58 bits per heavy atom. The zero-order valence-electron chi connectivity index (χ0n) is 13.0. The standard InChI is InChI=1S/C17H16BrClN2O3/c1-2-11-3-8-15(14(18)9-11)23-10-16(22)24-21-17(20)12-4-6-13(19)7-5-12/h3-9H,2,10H2,1H3,(H2,20,21). The molecule has 0 amide bonds. The summed E-state index contributed by atoms with van der Waals surface area (Å²) in [5.74, 6) is -0.0225. The highest BCUT2D eigenvalue weighted by molar-refractivity contribution is 9.10. The summed E-state index contributed by atoms with van der Waals surface area (Å²) in [7, 11) is 0. The molecule has 24 heavy (non-hydrogen) atoms. The Kier molecular flexibility index (Phi) is 6.63. The first-order valence-electron chi connectivity index (χ1n) is 7.20. The van der Waals surface area contributed by atoms with E-state index in [9.17, 15) is 4.79 Å². The summed E-state index contributed by atoms with van der Waals surface area (Å²) in [4.78, 5) is 16.4. The van der Waals surface area contributed by atoms with Crippen molar-refractivity contribution < 1.29 is 14.4 Å². The number of nitrogens with zero attached hydrogens (tertiary/aromatic N) is 1. The summed E-state index contributed by atoms with van der Waals surface area (Å²) < 4.78 is 6.18. The van der Waals surface area contributed by atoms with Crippen LogP contribution in [0.3, 0.4) is 0 Å². The average molecular weight is 412 g/mol. The van der Waals surface area contributed by atoms with Crippen LogP contribution < -0.4 is 10.5 Å². The van der Waals surface area contributed by atoms with E-state index in [0.29, 0.717) is 16.3 Å². The highest BCUT2D eigenvalue weighted by atomic mass is 79.9. The van der Waals surface area contributed by atoms with E-state index in [-0.39, 0.29) is 12.4 Å². The van der Waals surface area contributed by atoms with Crippen molar-refractivity contribution >= 4 is 39.3 Å². The number of oxime groups is 1. The molecular weight excluding hydrogens is 396 g/mol. The summed E-state index contributed by atoms with van der Waals surface area (Å²) in [6, 6.07) is 12.4. The minimum Gasteiger partial charge on any atom is -0.481 e. The van der Waals surface area contributed by atoms with Gasteiger partial charge in [-0.05, 0) is 64.3 Å². The zero-order valence-corrected chi connectivity index (χ0v) is 15.3. The van der Waals surface area contributed by atoms with E-state index in [1.165, 1.54) is 0 Å². The molecule has 126 valence electrons. The number of nitrogens with two attached hydrogens (primary N) is 1. The van der Waals surface area contributed by atoms with Crippen LogP contribution in [0, 0.1) is 0 Å². The fourth-order valence-electron chi connectivity index (χ4n) is 1.82. The molecular formula is C17H16BrClN2O3. The van der Waals surface area contributed by atoms with Crippen molar-refractivity contribution in [1.29, 1.82) is 0 Å². The Hall–Kier alpha value is -2.05. The molecule has 0 unspecified atom stereocenters. The lowest BCUT2D eigenvalue weighted by Gasteiger charge is -2.08. The van der Waals surface area contributed by atoms with Crippen molar-refractivity contribution in [3.63, 3.8) is 0 Å². The van der Waals surface area contributed by atoms with Gasteiger partial charge in [-0.25, -0.2) is 4.79 Å². The highest BCUT2D eigenvalue weighted by Gasteiger charge is 2.08. The van der Waals surface area contributed by atoms with Gasteiger partial charge in [-0.2, -0.15) is 0 Å². The van der Waals surface area contributed by atoms with E-state index in [2.05, 4.69) is 28.0 Å². The van der Waals surface area contributed by atoms with Gasteiger partial charge < -0.3 is 15.3 Å². The Bertz CT molecular complexity index is 748. The van der Waals surface area contributed by atoms with Crippen LogP contribution in [0.15, 0.2) is 52.1 Å². The van der Waals surface area contributed by atoms with E-state index in [4.69, 9.17) is 26.9 Å². The van der Waals surface area contributed by atoms with Crippen LogP contribution in [0.5, 0.6) is 5.75 Å². The molecule has 0 aliphatic rings. The van der Waals surface area contributed by atoms with Gasteiger partial charge in [0.05, 0.1) is 4.47 Å². The molecule has 2 N–H and O–H groups in total. The number of benzene rings is 2. The van der Waals surface area contributed by atoms with Crippen LogP contribution in [-0.2, 0) is 16.1 Å². The summed E-state index contributed by atoms with van der Waals surface area (Å²) in [6.07, 6.45) is 0.916. The Morgan fingerprint density at radius 1 is 1.25 bits per heavy atom. The van der Waals surface area contributed by atoms with Gasteiger partial charge in [0.15, 0.2) is 12.4 Å². The summed E-state index contributed by atoms with van der Waals surface area (Å²) in [6.45, 7) is 1.78. The lowest BCUT2D eigenvalue weighted by atomic mass is 10.2. The quantitative estimate of drug-likeness (QED) is 0.338. The molecule has 2 aromatic carbocycles. The van der Waals surface area contributed by atoms with E-state index >= 15 is 0 Å². The lowest BCUT2D eigenvalue weighted by molar-refractivity contribution is -0.146. The monoisotopic (exact) mass is 410 g/mol. The third-order valence-corrected chi connectivity index (χ3v) is 4.01. The third kappa shape index (κ3) is 5.25. The number of aryl methyl sites for hydroxylation is 1. The predicted molar refractivity (Wildman–Crippen MR) is 97.3 cm³/mol. The molecule has 7 heteroatoms. The van der Waals surface area contributed by atoms with E-state index in [0.717, 1.165) is 16.5 Å².